The molecule has 6 heteroatoms. The number of aromatic nitrogens is 2. The molecule has 0 aromatic carbocycles. The van der Waals surface area contributed by atoms with Crippen LogP contribution < -0.4 is 5.73 Å². The van der Waals surface area contributed by atoms with Crippen molar-refractivity contribution in [1.29, 1.82) is 0 Å². The van der Waals surface area contributed by atoms with Crippen molar-refractivity contribution in [2.24, 2.45) is 5.73 Å². The van der Waals surface area contributed by atoms with Crippen molar-refractivity contribution >= 4 is 23.2 Å². The predicted octanol–water partition coefficient (Wildman–Crippen LogP) is 1.64. The van der Waals surface area contributed by atoms with Crippen molar-refractivity contribution < 1.29 is 9.53 Å². The van der Waals surface area contributed by atoms with Crippen LogP contribution in [0.15, 0.2) is 6.07 Å². The van der Waals surface area contributed by atoms with Crippen LogP contribution in [0.2, 0.25) is 0 Å². The summed E-state index contributed by atoms with van der Waals surface area (Å²) in [5.74, 6) is -0.406. The molecule has 0 radical (unpaired) electrons. The Morgan fingerprint density at radius 2 is 2.17 bits per heavy atom. The Balaban J connectivity index is 3.16. The predicted molar refractivity (Wildman–Crippen MR) is 73.7 cm³/mol. The summed E-state index contributed by atoms with van der Waals surface area (Å²) in [5.41, 5.74) is 6.55. The van der Waals surface area contributed by atoms with Gasteiger partial charge in [-0.25, -0.2) is 4.79 Å². The van der Waals surface area contributed by atoms with E-state index in [2.05, 4.69) is 5.10 Å². The average Bonchev–Trinajstić information content (AvgIpc) is 2.60. The molecule has 1 aromatic heterocycles. The minimum absolute atomic E-state index is 0.150. The van der Waals surface area contributed by atoms with Gasteiger partial charge >= 0.3 is 5.97 Å². The number of rotatable bonds is 4. The minimum atomic E-state index is -0.406. The summed E-state index contributed by atoms with van der Waals surface area (Å²) in [6.07, 6.45) is 0. The second kappa shape index (κ2) is 5.48. The number of thiocarbonyl (C=S) groups is 1. The molecule has 1 rings (SSSR count). The van der Waals surface area contributed by atoms with Crippen molar-refractivity contribution in [1.82, 2.24) is 9.78 Å². The van der Waals surface area contributed by atoms with E-state index in [0.29, 0.717) is 12.3 Å². The molecular formula is C12H19N3O2S. The lowest BCUT2D eigenvalue weighted by molar-refractivity contribution is 0.0513. The van der Waals surface area contributed by atoms with Crippen LogP contribution in [0.25, 0.3) is 0 Å². The number of carbonyl (C=O) groups excluding carboxylic acids is 1. The molecule has 0 saturated heterocycles. The second-order valence-corrected chi connectivity index (χ2v) is 5.53. The Hall–Kier alpha value is -1.43. The van der Waals surface area contributed by atoms with Crippen LogP contribution in [0.3, 0.4) is 0 Å². The molecule has 2 N–H and O–H groups in total. The van der Waals surface area contributed by atoms with E-state index >= 15 is 0 Å². The Labute approximate surface area is 112 Å². The van der Waals surface area contributed by atoms with Crippen LogP contribution in [-0.2, 0) is 16.7 Å². The van der Waals surface area contributed by atoms with E-state index in [1.807, 2.05) is 20.8 Å². The van der Waals surface area contributed by atoms with Crippen molar-refractivity contribution in [2.75, 3.05) is 6.61 Å². The Bertz CT molecular complexity index is 460. The third-order valence-electron chi connectivity index (χ3n) is 2.34. The van der Waals surface area contributed by atoms with Gasteiger partial charge in [0.25, 0.3) is 0 Å². The van der Waals surface area contributed by atoms with Crippen LogP contribution in [-0.4, -0.2) is 27.3 Å². The number of carbonyl (C=O) groups is 1. The van der Waals surface area contributed by atoms with Crippen LogP contribution in [0.4, 0.5) is 0 Å². The van der Waals surface area contributed by atoms with Gasteiger partial charge in [-0.05, 0) is 13.0 Å². The Morgan fingerprint density at radius 1 is 1.56 bits per heavy atom. The largest absolute Gasteiger partial charge is 0.461 e. The lowest BCUT2D eigenvalue weighted by Crippen LogP contribution is -2.22. The molecule has 0 fully saturated rings. The van der Waals surface area contributed by atoms with Gasteiger partial charge in [0, 0.05) is 5.41 Å². The first-order valence-electron chi connectivity index (χ1n) is 5.79. The number of hydrogen-bond acceptors (Lipinski definition) is 4. The Morgan fingerprint density at radius 3 is 2.61 bits per heavy atom. The molecule has 5 nitrogen and oxygen atoms in total. The summed E-state index contributed by atoms with van der Waals surface area (Å²) in [4.78, 5) is 12.1. The van der Waals surface area contributed by atoms with E-state index in [1.54, 1.807) is 13.0 Å². The van der Waals surface area contributed by atoms with Crippen molar-refractivity contribution in [3.63, 3.8) is 0 Å². The third kappa shape index (κ3) is 3.53. The van der Waals surface area contributed by atoms with Crippen LogP contribution in [0.5, 0.6) is 0 Å². The highest BCUT2D eigenvalue weighted by atomic mass is 32.1. The van der Waals surface area contributed by atoms with Gasteiger partial charge in [-0.15, -0.1) is 0 Å². The fourth-order valence-electron chi connectivity index (χ4n) is 1.42. The summed E-state index contributed by atoms with van der Waals surface area (Å²) in [6.45, 7) is 8.39. The summed E-state index contributed by atoms with van der Waals surface area (Å²) in [6, 6.07) is 1.73. The number of esters is 1. The van der Waals surface area contributed by atoms with Crippen LogP contribution in [0.1, 0.15) is 43.9 Å². The summed E-state index contributed by atoms with van der Waals surface area (Å²) >= 11 is 4.86. The standard InChI is InChI=1S/C12H19N3O2S/c1-5-17-11(16)8-6-9(12(2,3)4)14-15(8)7-10(13)18/h6H,5,7H2,1-4H3,(H2,13,18). The first kappa shape index (κ1) is 14.6. The van der Waals surface area contributed by atoms with E-state index in [1.165, 1.54) is 4.68 Å². The average molecular weight is 269 g/mol. The van der Waals surface area contributed by atoms with E-state index < -0.39 is 5.97 Å². The van der Waals surface area contributed by atoms with Crippen molar-refractivity contribution in [3.05, 3.63) is 17.5 Å². The first-order chi connectivity index (χ1) is 8.25. The van der Waals surface area contributed by atoms with E-state index in [0.717, 1.165) is 5.69 Å². The van der Waals surface area contributed by atoms with Gasteiger partial charge in [0.1, 0.15) is 5.69 Å². The maximum absolute atomic E-state index is 11.8. The molecule has 0 aliphatic heterocycles. The molecule has 100 valence electrons. The molecule has 0 aliphatic rings. The number of ether oxygens (including phenoxy) is 1. The second-order valence-electron chi connectivity index (χ2n) is 5.01. The molecule has 0 aliphatic carbocycles. The van der Waals surface area contributed by atoms with Crippen LogP contribution in [0, 0.1) is 0 Å². The first-order valence-corrected chi connectivity index (χ1v) is 6.20. The molecule has 18 heavy (non-hydrogen) atoms. The Kier molecular flexibility index (Phi) is 4.45. The molecular weight excluding hydrogens is 250 g/mol. The van der Waals surface area contributed by atoms with E-state index in [4.69, 9.17) is 22.7 Å². The molecule has 0 spiro atoms. The van der Waals surface area contributed by atoms with Gasteiger partial charge in [0.15, 0.2) is 0 Å². The van der Waals surface area contributed by atoms with E-state index in [9.17, 15) is 4.79 Å². The van der Waals surface area contributed by atoms with Crippen LogP contribution >= 0.6 is 12.2 Å². The molecule has 1 heterocycles. The zero-order valence-electron chi connectivity index (χ0n) is 11.2. The molecule has 0 atom stereocenters. The van der Waals surface area contributed by atoms with Crippen molar-refractivity contribution in [3.8, 4) is 0 Å². The molecule has 0 amide bonds. The molecule has 0 unspecified atom stereocenters. The summed E-state index contributed by atoms with van der Waals surface area (Å²) in [5, 5.41) is 4.37. The highest BCUT2D eigenvalue weighted by Gasteiger charge is 2.23. The monoisotopic (exact) mass is 269 g/mol. The summed E-state index contributed by atoms with van der Waals surface area (Å²) in [7, 11) is 0. The SMILES string of the molecule is CCOC(=O)c1cc(C(C)(C)C)nn1CC(N)=S. The van der Waals surface area contributed by atoms with Crippen molar-refractivity contribution in [2.45, 2.75) is 39.7 Å². The maximum Gasteiger partial charge on any atom is 0.356 e. The molecule has 0 saturated carbocycles. The van der Waals surface area contributed by atoms with Gasteiger partial charge in [-0.3, -0.25) is 4.68 Å². The lowest BCUT2D eigenvalue weighted by atomic mass is 9.92. The highest BCUT2D eigenvalue weighted by Crippen LogP contribution is 2.22. The quantitative estimate of drug-likeness (QED) is 0.664. The normalized spacial score (nSPS) is 11.3. The third-order valence-corrected chi connectivity index (χ3v) is 2.47. The summed E-state index contributed by atoms with van der Waals surface area (Å²) < 4.78 is 6.49. The number of nitrogens with two attached hydrogens (primary N) is 1. The number of hydrogen-bond donors (Lipinski definition) is 1. The van der Waals surface area contributed by atoms with Gasteiger partial charge in [-0.2, -0.15) is 5.10 Å². The fraction of sp³-hybridized carbons (Fsp3) is 0.583. The fourth-order valence-corrected chi connectivity index (χ4v) is 1.54. The minimum Gasteiger partial charge on any atom is -0.461 e. The van der Waals surface area contributed by atoms with Gasteiger partial charge in [-0.1, -0.05) is 33.0 Å². The zero-order valence-corrected chi connectivity index (χ0v) is 12.0. The van der Waals surface area contributed by atoms with Gasteiger partial charge in [0.05, 0.1) is 23.8 Å². The van der Waals surface area contributed by atoms with Gasteiger partial charge in [0.2, 0.25) is 0 Å². The molecule has 1 aromatic rings. The maximum atomic E-state index is 11.8. The van der Waals surface area contributed by atoms with Gasteiger partial charge < -0.3 is 10.5 Å². The highest BCUT2D eigenvalue weighted by molar-refractivity contribution is 7.80. The van der Waals surface area contributed by atoms with E-state index in [-0.39, 0.29) is 16.9 Å². The smallest absolute Gasteiger partial charge is 0.356 e. The molecule has 0 bridgehead atoms. The lowest BCUT2D eigenvalue weighted by Gasteiger charge is -2.14. The zero-order chi connectivity index (χ0) is 13.9. The topological polar surface area (TPSA) is 70.1 Å². The number of nitrogens with zero attached hydrogens (tertiary/aromatic N) is 2.